The van der Waals surface area contributed by atoms with E-state index in [1.807, 2.05) is 0 Å². The van der Waals surface area contributed by atoms with Crippen molar-refractivity contribution in [3.05, 3.63) is 28.8 Å². The SMILES string of the molecule is CC(C(=O)N(C)C)n1c(=S)[nH]c2c(F)cccc21. The minimum absolute atomic E-state index is 0.0868. The molecule has 0 radical (unpaired) electrons. The Labute approximate surface area is 109 Å². The molecular weight excluding hydrogens is 253 g/mol. The molecule has 96 valence electrons. The summed E-state index contributed by atoms with van der Waals surface area (Å²) < 4.78 is 15.6. The molecule has 0 bridgehead atoms. The zero-order valence-corrected chi connectivity index (χ0v) is 11.2. The fraction of sp³-hybridized carbons (Fsp3) is 0.333. The van der Waals surface area contributed by atoms with E-state index in [-0.39, 0.29) is 11.7 Å². The number of carbonyl (C=O) groups excluding carboxylic acids is 1. The standard InChI is InChI=1S/C12H14FN3OS/c1-7(11(17)15(2)3)16-9-6-4-5-8(13)10(9)14-12(16)18/h4-7H,1-3H3,(H,14,18). The van der Waals surface area contributed by atoms with Gasteiger partial charge in [0.2, 0.25) is 5.91 Å². The first kappa shape index (κ1) is 12.8. The van der Waals surface area contributed by atoms with Crippen LogP contribution in [-0.2, 0) is 4.79 Å². The normalized spacial score (nSPS) is 12.7. The van der Waals surface area contributed by atoms with Crippen molar-refractivity contribution < 1.29 is 9.18 Å². The summed E-state index contributed by atoms with van der Waals surface area (Å²) in [4.78, 5) is 16.3. The molecule has 0 aliphatic rings. The smallest absolute Gasteiger partial charge is 0.244 e. The molecule has 18 heavy (non-hydrogen) atoms. The minimum Gasteiger partial charge on any atom is -0.347 e. The number of nitrogens with zero attached hydrogens (tertiary/aromatic N) is 2. The highest BCUT2D eigenvalue weighted by Crippen LogP contribution is 2.22. The third-order valence-corrected chi connectivity index (χ3v) is 3.19. The molecule has 2 aromatic rings. The molecular formula is C12H14FN3OS. The van der Waals surface area contributed by atoms with Gasteiger partial charge in [-0.1, -0.05) is 6.07 Å². The topological polar surface area (TPSA) is 41.0 Å². The van der Waals surface area contributed by atoms with Crippen molar-refractivity contribution in [2.24, 2.45) is 0 Å². The van der Waals surface area contributed by atoms with Gasteiger partial charge in [-0.15, -0.1) is 0 Å². The number of carbonyl (C=O) groups is 1. The molecule has 0 aliphatic heterocycles. The summed E-state index contributed by atoms with van der Waals surface area (Å²) in [5.74, 6) is -0.460. The maximum absolute atomic E-state index is 13.6. The average molecular weight is 267 g/mol. The van der Waals surface area contributed by atoms with Crippen LogP contribution in [0.3, 0.4) is 0 Å². The highest BCUT2D eigenvalue weighted by Gasteiger charge is 2.20. The van der Waals surface area contributed by atoms with Crippen LogP contribution in [0.4, 0.5) is 4.39 Å². The number of aromatic amines is 1. The molecule has 1 unspecified atom stereocenters. The van der Waals surface area contributed by atoms with Crippen molar-refractivity contribution in [1.29, 1.82) is 0 Å². The van der Waals surface area contributed by atoms with Crippen LogP contribution >= 0.6 is 12.2 Å². The number of imidazole rings is 1. The lowest BCUT2D eigenvalue weighted by Crippen LogP contribution is -2.29. The van der Waals surface area contributed by atoms with Gasteiger partial charge in [0.1, 0.15) is 17.4 Å². The van der Waals surface area contributed by atoms with Gasteiger partial charge < -0.3 is 14.5 Å². The quantitative estimate of drug-likeness (QED) is 0.849. The minimum atomic E-state index is -0.469. The number of H-pyrrole nitrogens is 1. The van der Waals surface area contributed by atoms with Gasteiger partial charge in [0, 0.05) is 14.1 Å². The zero-order valence-electron chi connectivity index (χ0n) is 10.4. The Hall–Kier alpha value is -1.69. The lowest BCUT2D eigenvalue weighted by molar-refractivity contribution is -0.131. The molecule has 1 aromatic carbocycles. The molecule has 0 saturated carbocycles. The van der Waals surface area contributed by atoms with Crippen LogP contribution < -0.4 is 0 Å². The first-order chi connectivity index (χ1) is 8.43. The van der Waals surface area contributed by atoms with Gasteiger partial charge >= 0.3 is 0 Å². The van der Waals surface area contributed by atoms with E-state index >= 15 is 0 Å². The number of para-hydroxylation sites is 1. The average Bonchev–Trinajstić information content (AvgIpc) is 2.65. The summed E-state index contributed by atoms with van der Waals surface area (Å²) >= 11 is 5.16. The Kier molecular flexibility index (Phi) is 3.21. The first-order valence-electron chi connectivity index (χ1n) is 5.53. The molecule has 2 rings (SSSR count). The van der Waals surface area contributed by atoms with E-state index in [1.165, 1.54) is 11.0 Å². The third kappa shape index (κ3) is 1.92. The number of benzene rings is 1. The Balaban J connectivity index is 2.65. The number of aromatic nitrogens is 2. The summed E-state index contributed by atoms with van der Waals surface area (Å²) in [6.45, 7) is 1.75. The summed E-state index contributed by atoms with van der Waals surface area (Å²) in [6, 6.07) is 4.23. The Morgan fingerprint density at radius 3 is 2.78 bits per heavy atom. The molecule has 0 spiro atoms. The molecule has 1 atom stereocenters. The molecule has 1 amide bonds. The molecule has 1 aromatic heterocycles. The summed E-state index contributed by atoms with van der Waals surface area (Å²) in [7, 11) is 3.36. The van der Waals surface area contributed by atoms with Crippen LogP contribution in [0.25, 0.3) is 11.0 Å². The number of halogens is 1. The van der Waals surface area contributed by atoms with E-state index in [1.54, 1.807) is 37.7 Å². The number of nitrogens with one attached hydrogen (secondary N) is 1. The van der Waals surface area contributed by atoms with Gasteiger partial charge in [-0.05, 0) is 31.3 Å². The third-order valence-electron chi connectivity index (χ3n) is 2.89. The second-order valence-corrected chi connectivity index (χ2v) is 4.73. The molecule has 6 heteroatoms. The van der Waals surface area contributed by atoms with Crippen molar-refractivity contribution in [1.82, 2.24) is 14.5 Å². The molecule has 0 saturated heterocycles. The summed E-state index contributed by atoms with van der Waals surface area (Å²) in [5.41, 5.74) is 0.934. The lowest BCUT2D eigenvalue weighted by atomic mass is 10.2. The lowest BCUT2D eigenvalue weighted by Gasteiger charge is -2.18. The zero-order chi connectivity index (χ0) is 13.4. The van der Waals surface area contributed by atoms with Crippen molar-refractivity contribution in [3.63, 3.8) is 0 Å². The molecule has 1 N–H and O–H groups in total. The molecule has 1 heterocycles. The molecule has 4 nitrogen and oxygen atoms in total. The van der Waals surface area contributed by atoms with Crippen molar-refractivity contribution in [2.45, 2.75) is 13.0 Å². The Morgan fingerprint density at radius 2 is 2.17 bits per heavy atom. The van der Waals surface area contributed by atoms with Crippen LogP contribution in [0.15, 0.2) is 18.2 Å². The van der Waals surface area contributed by atoms with Gasteiger partial charge in [0.25, 0.3) is 0 Å². The largest absolute Gasteiger partial charge is 0.347 e. The fourth-order valence-electron chi connectivity index (χ4n) is 1.98. The fourth-order valence-corrected chi connectivity index (χ4v) is 2.34. The van der Waals surface area contributed by atoms with Gasteiger partial charge in [-0.2, -0.15) is 0 Å². The number of hydrogen-bond acceptors (Lipinski definition) is 2. The Morgan fingerprint density at radius 1 is 1.50 bits per heavy atom. The van der Waals surface area contributed by atoms with E-state index in [0.717, 1.165) is 0 Å². The van der Waals surface area contributed by atoms with Crippen LogP contribution in [-0.4, -0.2) is 34.5 Å². The number of fused-ring (bicyclic) bond motifs is 1. The van der Waals surface area contributed by atoms with Crippen LogP contribution in [0.1, 0.15) is 13.0 Å². The van der Waals surface area contributed by atoms with E-state index < -0.39 is 6.04 Å². The summed E-state index contributed by atoms with van der Waals surface area (Å²) in [6.07, 6.45) is 0. The van der Waals surface area contributed by atoms with Gasteiger partial charge in [0.05, 0.1) is 5.52 Å². The van der Waals surface area contributed by atoms with Crippen LogP contribution in [0.5, 0.6) is 0 Å². The van der Waals surface area contributed by atoms with E-state index in [2.05, 4.69) is 4.98 Å². The van der Waals surface area contributed by atoms with Gasteiger partial charge in [-0.25, -0.2) is 4.39 Å². The van der Waals surface area contributed by atoms with Crippen LogP contribution in [0.2, 0.25) is 0 Å². The maximum Gasteiger partial charge on any atom is 0.244 e. The van der Waals surface area contributed by atoms with E-state index in [9.17, 15) is 9.18 Å². The Bertz CT molecular complexity index is 659. The van der Waals surface area contributed by atoms with Crippen molar-refractivity contribution in [3.8, 4) is 0 Å². The first-order valence-corrected chi connectivity index (χ1v) is 5.94. The number of likely N-dealkylation sites (N-methyl/N-ethyl adjacent to an activating group) is 1. The molecule has 0 fully saturated rings. The van der Waals surface area contributed by atoms with Crippen molar-refractivity contribution >= 4 is 29.2 Å². The van der Waals surface area contributed by atoms with Crippen LogP contribution in [0, 0.1) is 10.6 Å². The number of amides is 1. The van der Waals surface area contributed by atoms with Gasteiger partial charge in [-0.3, -0.25) is 4.79 Å². The second kappa shape index (κ2) is 4.53. The summed E-state index contributed by atoms with van der Waals surface area (Å²) in [5, 5.41) is 0. The monoisotopic (exact) mass is 267 g/mol. The highest BCUT2D eigenvalue weighted by atomic mass is 32.1. The predicted molar refractivity (Wildman–Crippen MR) is 70.5 cm³/mol. The maximum atomic E-state index is 13.6. The van der Waals surface area contributed by atoms with Gasteiger partial charge in [0.15, 0.2) is 4.77 Å². The van der Waals surface area contributed by atoms with E-state index in [0.29, 0.717) is 15.8 Å². The van der Waals surface area contributed by atoms with Crippen molar-refractivity contribution in [2.75, 3.05) is 14.1 Å². The highest BCUT2D eigenvalue weighted by molar-refractivity contribution is 7.71. The predicted octanol–water partition coefficient (Wildman–Crippen LogP) is 2.49. The van der Waals surface area contributed by atoms with E-state index in [4.69, 9.17) is 12.2 Å². The number of rotatable bonds is 2. The molecule has 0 aliphatic carbocycles. The number of hydrogen-bond donors (Lipinski definition) is 1. The second-order valence-electron chi connectivity index (χ2n) is 4.34.